The first-order valence-electron chi connectivity index (χ1n) is 11.2. The highest BCUT2D eigenvalue weighted by molar-refractivity contribution is 7.12. The summed E-state index contributed by atoms with van der Waals surface area (Å²) >= 11 is 9.14. The molecule has 0 bridgehead atoms. The summed E-state index contributed by atoms with van der Waals surface area (Å²) in [6.45, 7) is 1.74. The number of rotatable bonds is 8. The number of benzene rings is 1. The van der Waals surface area contributed by atoms with Gasteiger partial charge in [0.1, 0.15) is 18.9 Å². The van der Waals surface area contributed by atoms with Gasteiger partial charge in [-0.1, -0.05) is 17.7 Å². The second kappa shape index (κ2) is 9.87. The van der Waals surface area contributed by atoms with E-state index >= 15 is 0 Å². The zero-order valence-electron chi connectivity index (χ0n) is 18.1. The Balaban J connectivity index is 1.33. The molecule has 0 radical (unpaired) electrons. The van der Waals surface area contributed by atoms with E-state index in [0.29, 0.717) is 35.5 Å². The van der Waals surface area contributed by atoms with Crippen LogP contribution in [0.5, 0.6) is 5.75 Å². The lowest BCUT2D eigenvalue weighted by Gasteiger charge is -2.37. The van der Waals surface area contributed by atoms with Crippen molar-refractivity contribution in [1.82, 2.24) is 9.80 Å². The molecular weight excluding hydrogens is 476 g/mol. The minimum atomic E-state index is -0.178. The van der Waals surface area contributed by atoms with E-state index in [0.717, 1.165) is 30.6 Å². The van der Waals surface area contributed by atoms with Crippen LogP contribution in [0.1, 0.15) is 39.0 Å². The lowest BCUT2D eigenvalue weighted by molar-refractivity contribution is -0.135. The van der Waals surface area contributed by atoms with Crippen LogP contribution >= 0.6 is 34.3 Å². The lowest BCUT2D eigenvalue weighted by Crippen LogP contribution is -2.48. The largest absolute Gasteiger partial charge is 0.491 e. The van der Waals surface area contributed by atoms with Gasteiger partial charge in [-0.3, -0.25) is 9.59 Å². The number of thiophene rings is 2. The average Bonchev–Trinajstić information content (AvgIpc) is 3.27. The molecule has 2 aromatic heterocycles. The molecule has 3 aromatic rings. The van der Waals surface area contributed by atoms with E-state index in [4.69, 9.17) is 16.3 Å². The third kappa shape index (κ3) is 5.26. The summed E-state index contributed by atoms with van der Waals surface area (Å²) in [7, 11) is 0. The van der Waals surface area contributed by atoms with Gasteiger partial charge < -0.3 is 14.5 Å². The van der Waals surface area contributed by atoms with Crippen molar-refractivity contribution < 1.29 is 14.3 Å². The molecule has 3 heterocycles. The van der Waals surface area contributed by atoms with E-state index in [1.807, 2.05) is 34.5 Å². The van der Waals surface area contributed by atoms with Crippen molar-refractivity contribution >= 4 is 46.1 Å². The van der Waals surface area contributed by atoms with Crippen LogP contribution in [-0.2, 0) is 11.2 Å². The van der Waals surface area contributed by atoms with Gasteiger partial charge in [0.05, 0.1) is 10.9 Å². The molecule has 1 fully saturated rings. The van der Waals surface area contributed by atoms with Gasteiger partial charge in [0.15, 0.2) is 0 Å². The van der Waals surface area contributed by atoms with Gasteiger partial charge in [-0.15, -0.1) is 22.7 Å². The molecular formula is C25H25ClN2O3S2. The zero-order chi connectivity index (χ0) is 22.8. The molecule has 5 nitrogen and oxygen atoms in total. The standard InChI is InChI=1S/C25H25ClN2O3S2/c26-18-5-7-19(8-6-18)31-16-21-20-10-13-33-22(20)9-11-28(21)24(29)15-27(14-17-3-4-17)25(30)23-2-1-12-32-23/h1-2,5-8,10,12-13,17,21H,3-4,9,11,14-16H2/t21-/m1/s1. The van der Waals surface area contributed by atoms with Gasteiger partial charge >= 0.3 is 0 Å². The van der Waals surface area contributed by atoms with Gasteiger partial charge in [-0.05, 0) is 77.9 Å². The SMILES string of the molecule is O=C(c1cccs1)N(CC(=O)N1CCc2sccc2[C@H]1COc1ccc(Cl)cc1)CC1CC1. The smallest absolute Gasteiger partial charge is 0.264 e. The molecule has 1 atom stereocenters. The van der Waals surface area contributed by atoms with Gasteiger partial charge in [-0.2, -0.15) is 0 Å². The van der Waals surface area contributed by atoms with Crippen LogP contribution in [0.4, 0.5) is 0 Å². The number of ether oxygens (including phenoxy) is 1. The van der Waals surface area contributed by atoms with Crippen molar-refractivity contribution in [3.63, 3.8) is 0 Å². The van der Waals surface area contributed by atoms with Gasteiger partial charge in [-0.25, -0.2) is 0 Å². The molecule has 33 heavy (non-hydrogen) atoms. The minimum Gasteiger partial charge on any atom is -0.491 e. The summed E-state index contributed by atoms with van der Waals surface area (Å²) in [6.07, 6.45) is 3.08. The van der Waals surface area contributed by atoms with Crippen molar-refractivity contribution in [2.45, 2.75) is 25.3 Å². The lowest BCUT2D eigenvalue weighted by atomic mass is 10.0. The Hall–Kier alpha value is -2.35. The van der Waals surface area contributed by atoms with Crippen LogP contribution < -0.4 is 4.74 Å². The molecule has 1 saturated carbocycles. The second-order valence-corrected chi connectivity index (χ2v) is 10.9. The van der Waals surface area contributed by atoms with Gasteiger partial charge in [0.2, 0.25) is 5.91 Å². The number of carbonyl (C=O) groups excluding carboxylic acids is 2. The number of fused-ring (bicyclic) bond motifs is 1. The van der Waals surface area contributed by atoms with Crippen molar-refractivity contribution in [3.05, 3.63) is 73.6 Å². The number of carbonyl (C=O) groups is 2. The number of nitrogens with zero attached hydrogens (tertiary/aromatic N) is 2. The number of hydrogen-bond acceptors (Lipinski definition) is 5. The first-order valence-corrected chi connectivity index (χ1v) is 13.3. The number of amides is 2. The third-order valence-electron chi connectivity index (χ3n) is 6.16. The van der Waals surface area contributed by atoms with Crippen molar-refractivity contribution in [2.24, 2.45) is 5.92 Å². The van der Waals surface area contributed by atoms with Crippen molar-refractivity contribution in [3.8, 4) is 5.75 Å². The fraction of sp³-hybridized carbons (Fsp3) is 0.360. The van der Waals surface area contributed by atoms with Crippen LogP contribution in [0.3, 0.4) is 0 Å². The highest BCUT2D eigenvalue weighted by Crippen LogP contribution is 2.35. The predicted molar refractivity (Wildman–Crippen MR) is 132 cm³/mol. The Morgan fingerprint density at radius 1 is 1.09 bits per heavy atom. The van der Waals surface area contributed by atoms with E-state index in [2.05, 4.69) is 11.4 Å². The Morgan fingerprint density at radius 2 is 1.91 bits per heavy atom. The normalized spacial score (nSPS) is 17.5. The number of halogens is 1. The Morgan fingerprint density at radius 3 is 2.64 bits per heavy atom. The van der Waals surface area contributed by atoms with Crippen LogP contribution in [-0.4, -0.2) is 47.9 Å². The van der Waals surface area contributed by atoms with Crippen LogP contribution in [0.2, 0.25) is 5.02 Å². The molecule has 1 aromatic carbocycles. The summed E-state index contributed by atoms with van der Waals surface area (Å²) in [4.78, 5) is 32.3. The maximum Gasteiger partial charge on any atom is 0.264 e. The topological polar surface area (TPSA) is 49.9 Å². The molecule has 2 amide bonds. The van der Waals surface area contributed by atoms with Crippen LogP contribution in [0.15, 0.2) is 53.2 Å². The van der Waals surface area contributed by atoms with E-state index < -0.39 is 0 Å². The highest BCUT2D eigenvalue weighted by atomic mass is 35.5. The molecule has 172 valence electrons. The molecule has 0 saturated heterocycles. The summed E-state index contributed by atoms with van der Waals surface area (Å²) in [6, 6.07) is 12.9. The van der Waals surface area contributed by atoms with Gasteiger partial charge in [0.25, 0.3) is 5.91 Å². The molecule has 1 aliphatic carbocycles. The zero-order valence-corrected chi connectivity index (χ0v) is 20.5. The molecule has 0 unspecified atom stereocenters. The Labute approximate surface area is 206 Å². The first kappa shape index (κ1) is 22.4. The molecule has 0 spiro atoms. The fourth-order valence-electron chi connectivity index (χ4n) is 4.22. The molecule has 0 N–H and O–H groups in total. The maximum atomic E-state index is 13.5. The van der Waals surface area contributed by atoms with Crippen LogP contribution in [0, 0.1) is 5.92 Å². The van der Waals surface area contributed by atoms with Crippen molar-refractivity contribution in [1.29, 1.82) is 0 Å². The van der Waals surface area contributed by atoms with Gasteiger partial charge in [0, 0.05) is 23.0 Å². The minimum absolute atomic E-state index is 0.0258. The highest BCUT2D eigenvalue weighted by Gasteiger charge is 2.35. The van der Waals surface area contributed by atoms with E-state index in [1.54, 1.807) is 28.4 Å². The quantitative estimate of drug-likeness (QED) is 0.409. The van der Waals surface area contributed by atoms with E-state index in [1.165, 1.54) is 16.2 Å². The first-order chi connectivity index (χ1) is 16.1. The van der Waals surface area contributed by atoms with Crippen molar-refractivity contribution in [2.75, 3.05) is 26.2 Å². The Kier molecular flexibility index (Phi) is 6.71. The molecule has 2 aliphatic rings. The summed E-state index contributed by atoms with van der Waals surface area (Å²) in [5, 5.41) is 4.63. The third-order valence-corrected chi connectivity index (χ3v) is 8.26. The second-order valence-electron chi connectivity index (χ2n) is 8.52. The summed E-state index contributed by atoms with van der Waals surface area (Å²) in [5.74, 6) is 1.16. The van der Waals surface area contributed by atoms with Crippen LogP contribution in [0.25, 0.3) is 0 Å². The average molecular weight is 501 g/mol. The predicted octanol–water partition coefficient (Wildman–Crippen LogP) is 5.52. The number of hydrogen-bond donors (Lipinski definition) is 0. The molecule has 1 aliphatic heterocycles. The van der Waals surface area contributed by atoms with E-state index in [9.17, 15) is 9.59 Å². The maximum absolute atomic E-state index is 13.5. The summed E-state index contributed by atoms with van der Waals surface area (Å²) < 4.78 is 6.07. The Bertz CT molecular complexity index is 1110. The molecule has 5 rings (SSSR count). The fourth-order valence-corrected chi connectivity index (χ4v) is 5.97. The van der Waals surface area contributed by atoms with E-state index in [-0.39, 0.29) is 24.4 Å². The monoisotopic (exact) mass is 500 g/mol. The summed E-state index contributed by atoms with van der Waals surface area (Å²) in [5.41, 5.74) is 1.15. The molecule has 8 heteroatoms.